The van der Waals surface area contributed by atoms with Crippen LogP contribution >= 0.6 is 11.6 Å². The number of nitro benzene ring substituents is 1. The summed E-state index contributed by atoms with van der Waals surface area (Å²) >= 11 is 5.93. The highest BCUT2D eigenvalue weighted by molar-refractivity contribution is 6.32. The van der Waals surface area contributed by atoms with Gasteiger partial charge in [0.25, 0.3) is 11.6 Å². The molecule has 2 rings (SSSR count). The minimum atomic E-state index is -0.530. The number of rotatable bonds is 4. The average molecular weight is 327 g/mol. The van der Waals surface area contributed by atoms with Gasteiger partial charge in [-0.25, -0.2) is 0 Å². The zero-order chi connectivity index (χ0) is 16.3. The van der Waals surface area contributed by atoms with Gasteiger partial charge in [0.1, 0.15) is 5.75 Å². The molecule has 1 heterocycles. The molecule has 7 heteroatoms. The molecular weight excluding hydrogens is 308 g/mol. The number of hydrogen-bond donors (Lipinski definition) is 0. The molecule has 2 atom stereocenters. The van der Waals surface area contributed by atoms with Crippen LogP contribution in [0.2, 0.25) is 5.02 Å². The lowest BCUT2D eigenvalue weighted by Crippen LogP contribution is -2.44. The fourth-order valence-electron chi connectivity index (χ4n) is 2.82. The van der Waals surface area contributed by atoms with E-state index in [1.807, 2.05) is 0 Å². The summed E-state index contributed by atoms with van der Waals surface area (Å²) < 4.78 is 5.41. The summed E-state index contributed by atoms with van der Waals surface area (Å²) in [5, 5.41) is 10.8. The monoisotopic (exact) mass is 326 g/mol. The summed E-state index contributed by atoms with van der Waals surface area (Å²) in [5.41, 5.74) is -0.109. The third kappa shape index (κ3) is 4.10. The molecule has 120 valence electrons. The Morgan fingerprint density at radius 2 is 2.05 bits per heavy atom. The molecule has 0 aromatic heterocycles. The first-order valence-corrected chi connectivity index (χ1v) is 7.59. The van der Waals surface area contributed by atoms with Gasteiger partial charge in [-0.1, -0.05) is 25.4 Å². The highest BCUT2D eigenvalue weighted by Crippen LogP contribution is 2.29. The van der Waals surface area contributed by atoms with Crippen molar-refractivity contribution < 1.29 is 14.5 Å². The number of ether oxygens (including phenoxy) is 1. The summed E-state index contributed by atoms with van der Waals surface area (Å²) in [4.78, 5) is 24.1. The van der Waals surface area contributed by atoms with Crippen LogP contribution in [0.5, 0.6) is 5.75 Å². The van der Waals surface area contributed by atoms with Crippen molar-refractivity contribution in [2.24, 2.45) is 11.8 Å². The number of hydrogen-bond acceptors (Lipinski definition) is 4. The van der Waals surface area contributed by atoms with Crippen LogP contribution in [0.25, 0.3) is 0 Å². The molecule has 0 saturated carbocycles. The summed E-state index contributed by atoms with van der Waals surface area (Å²) in [7, 11) is 0. The lowest BCUT2D eigenvalue weighted by Gasteiger charge is -2.34. The van der Waals surface area contributed by atoms with Crippen LogP contribution < -0.4 is 4.74 Å². The van der Waals surface area contributed by atoms with E-state index in [1.165, 1.54) is 18.2 Å². The van der Waals surface area contributed by atoms with Crippen molar-refractivity contribution in [1.82, 2.24) is 4.90 Å². The number of carbonyl (C=O) groups excluding carboxylic acids is 1. The second kappa shape index (κ2) is 6.96. The lowest BCUT2D eigenvalue weighted by atomic mass is 9.92. The third-order valence-electron chi connectivity index (χ3n) is 3.70. The Morgan fingerprint density at radius 3 is 2.59 bits per heavy atom. The number of amides is 1. The fraction of sp³-hybridized carbons (Fsp3) is 0.533. The molecule has 0 aliphatic carbocycles. The van der Waals surface area contributed by atoms with Gasteiger partial charge in [0.15, 0.2) is 6.61 Å². The zero-order valence-electron chi connectivity index (χ0n) is 12.6. The summed E-state index contributed by atoms with van der Waals surface area (Å²) in [6.45, 7) is 5.62. The maximum atomic E-state index is 12.2. The topological polar surface area (TPSA) is 72.7 Å². The Bertz CT molecular complexity index is 569. The third-order valence-corrected chi connectivity index (χ3v) is 3.99. The predicted octanol–water partition coefficient (Wildman–Crippen LogP) is 3.13. The minimum absolute atomic E-state index is 0.0900. The maximum Gasteiger partial charge on any atom is 0.271 e. The van der Waals surface area contributed by atoms with Crippen LogP contribution in [0.15, 0.2) is 18.2 Å². The van der Waals surface area contributed by atoms with Gasteiger partial charge in [-0.15, -0.1) is 0 Å². The molecule has 22 heavy (non-hydrogen) atoms. The van der Waals surface area contributed by atoms with Crippen LogP contribution in [-0.2, 0) is 4.79 Å². The van der Waals surface area contributed by atoms with Crippen molar-refractivity contribution in [2.75, 3.05) is 19.7 Å². The zero-order valence-corrected chi connectivity index (χ0v) is 13.4. The molecule has 0 N–H and O–H groups in total. The van der Waals surface area contributed by atoms with Gasteiger partial charge in [0.2, 0.25) is 0 Å². The first kappa shape index (κ1) is 16.5. The molecule has 0 spiro atoms. The van der Waals surface area contributed by atoms with E-state index >= 15 is 0 Å². The number of piperidine rings is 1. The number of carbonyl (C=O) groups is 1. The normalized spacial score (nSPS) is 21.5. The molecule has 0 bridgehead atoms. The maximum absolute atomic E-state index is 12.2. The molecular formula is C15H19ClN2O4. The molecule has 1 aliphatic rings. The number of non-ortho nitro benzene ring substituents is 1. The predicted molar refractivity (Wildman–Crippen MR) is 83.1 cm³/mol. The second-order valence-corrected chi connectivity index (χ2v) is 6.31. The number of nitro groups is 1. The fourth-order valence-corrected chi connectivity index (χ4v) is 3.05. The second-order valence-electron chi connectivity index (χ2n) is 5.91. The van der Waals surface area contributed by atoms with Gasteiger partial charge in [-0.05, 0) is 24.3 Å². The molecule has 1 aliphatic heterocycles. The van der Waals surface area contributed by atoms with E-state index in [-0.39, 0.29) is 29.0 Å². The van der Waals surface area contributed by atoms with Gasteiger partial charge in [0.05, 0.1) is 9.95 Å². The molecule has 1 saturated heterocycles. The quantitative estimate of drug-likeness (QED) is 0.629. The van der Waals surface area contributed by atoms with Crippen molar-refractivity contribution in [3.05, 3.63) is 33.3 Å². The first-order chi connectivity index (χ1) is 10.4. The van der Waals surface area contributed by atoms with Crippen molar-refractivity contribution in [3.8, 4) is 5.75 Å². The highest BCUT2D eigenvalue weighted by Gasteiger charge is 2.25. The Hall–Kier alpha value is -1.82. The number of benzene rings is 1. The van der Waals surface area contributed by atoms with Gasteiger partial charge in [-0.3, -0.25) is 14.9 Å². The van der Waals surface area contributed by atoms with Crippen LogP contribution in [-0.4, -0.2) is 35.4 Å². The van der Waals surface area contributed by atoms with Gasteiger partial charge < -0.3 is 9.64 Å². The van der Waals surface area contributed by atoms with Gasteiger partial charge >= 0.3 is 0 Å². The summed E-state index contributed by atoms with van der Waals surface area (Å²) in [6.07, 6.45) is 1.12. The van der Waals surface area contributed by atoms with E-state index in [0.29, 0.717) is 11.8 Å². The van der Waals surface area contributed by atoms with E-state index < -0.39 is 4.92 Å². The Kier molecular flexibility index (Phi) is 5.24. The SMILES string of the molecule is C[C@@H]1C[C@H](C)CN(C(=O)COc2ccc([N+](=O)[O-])cc2Cl)C1. The molecule has 0 unspecified atom stereocenters. The van der Waals surface area contributed by atoms with E-state index in [1.54, 1.807) is 4.90 Å². The number of halogens is 1. The summed E-state index contributed by atoms with van der Waals surface area (Å²) in [6, 6.07) is 3.93. The summed E-state index contributed by atoms with van der Waals surface area (Å²) in [5.74, 6) is 1.15. The Morgan fingerprint density at radius 1 is 1.41 bits per heavy atom. The van der Waals surface area contributed by atoms with E-state index in [2.05, 4.69) is 13.8 Å². The number of nitrogens with zero attached hydrogens (tertiary/aromatic N) is 2. The molecule has 1 amide bonds. The largest absolute Gasteiger partial charge is 0.482 e. The lowest BCUT2D eigenvalue weighted by molar-refractivity contribution is -0.384. The smallest absolute Gasteiger partial charge is 0.271 e. The minimum Gasteiger partial charge on any atom is -0.482 e. The Labute approximate surface area is 134 Å². The van der Waals surface area contributed by atoms with Crippen LogP contribution in [0.1, 0.15) is 20.3 Å². The molecule has 1 aromatic rings. The van der Waals surface area contributed by atoms with Crippen molar-refractivity contribution in [3.63, 3.8) is 0 Å². The molecule has 1 fully saturated rings. The van der Waals surface area contributed by atoms with E-state index in [4.69, 9.17) is 16.3 Å². The van der Waals surface area contributed by atoms with Gasteiger partial charge in [0, 0.05) is 25.2 Å². The van der Waals surface area contributed by atoms with Crippen molar-refractivity contribution in [2.45, 2.75) is 20.3 Å². The molecule has 0 radical (unpaired) electrons. The van der Waals surface area contributed by atoms with Gasteiger partial charge in [-0.2, -0.15) is 0 Å². The highest BCUT2D eigenvalue weighted by atomic mass is 35.5. The standard InChI is InChI=1S/C15H19ClN2O4/c1-10-5-11(2)8-17(7-10)15(19)9-22-14-4-3-12(18(20)21)6-13(14)16/h3-4,6,10-11H,5,7-9H2,1-2H3/t10-,11+. The average Bonchev–Trinajstić information content (AvgIpc) is 2.44. The van der Waals surface area contributed by atoms with E-state index in [9.17, 15) is 14.9 Å². The molecule has 1 aromatic carbocycles. The first-order valence-electron chi connectivity index (χ1n) is 7.21. The van der Waals surface area contributed by atoms with Crippen LogP contribution in [0.4, 0.5) is 5.69 Å². The Balaban J connectivity index is 1.95. The van der Waals surface area contributed by atoms with Crippen molar-refractivity contribution >= 4 is 23.2 Å². The number of likely N-dealkylation sites (tertiary alicyclic amines) is 1. The van der Waals surface area contributed by atoms with Crippen LogP contribution in [0, 0.1) is 22.0 Å². The van der Waals surface area contributed by atoms with Crippen molar-refractivity contribution in [1.29, 1.82) is 0 Å². The van der Waals surface area contributed by atoms with Crippen LogP contribution in [0.3, 0.4) is 0 Å². The van der Waals surface area contributed by atoms with E-state index in [0.717, 1.165) is 19.5 Å². The molecule has 6 nitrogen and oxygen atoms in total.